The fourth-order valence-electron chi connectivity index (χ4n) is 4.11. The van der Waals surface area contributed by atoms with Crippen LogP contribution in [0.25, 0.3) is 20.8 Å². The van der Waals surface area contributed by atoms with Crippen LogP contribution in [0.4, 0.5) is 10.5 Å². The van der Waals surface area contributed by atoms with Gasteiger partial charge in [0.25, 0.3) is 5.91 Å². The molecule has 5 rings (SSSR count). The smallest absolute Gasteiger partial charge is 0.325 e. The highest BCUT2D eigenvalue weighted by Gasteiger charge is 2.49. The first kappa shape index (κ1) is 23.2. The summed E-state index contributed by atoms with van der Waals surface area (Å²) in [6, 6.07) is 21.2. The molecule has 4 amide bonds. The standard InChI is InChI=1S/C27H21N5O3S/c1-16-3-12-21-22(13-16)36-24(30-21)18-6-10-20(11-7-18)29-23(33)15-32-25(34)27(2,31-26(32)35)19-8-4-17(14-28)5-9-19/h3-13H,15H2,1-2H3,(H,29,33)(H,31,35). The highest BCUT2D eigenvalue weighted by Crippen LogP contribution is 2.32. The first-order chi connectivity index (χ1) is 17.3. The summed E-state index contributed by atoms with van der Waals surface area (Å²) < 4.78 is 1.11. The molecular formula is C27H21N5O3S. The number of carbonyl (C=O) groups is 3. The third-order valence-corrected chi connectivity index (χ3v) is 7.19. The SMILES string of the molecule is Cc1ccc2nc(-c3ccc(NC(=O)CN4C(=O)NC(C)(c5ccc(C#N)cc5)C4=O)cc3)sc2c1. The summed E-state index contributed by atoms with van der Waals surface area (Å²) in [6.45, 7) is 3.20. The molecule has 178 valence electrons. The lowest BCUT2D eigenvalue weighted by atomic mass is 9.91. The zero-order valence-electron chi connectivity index (χ0n) is 19.5. The molecule has 2 N–H and O–H groups in total. The predicted molar refractivity (Wildman–Crippen MR) is 137 cm³/mol. The number of carbonyl (C=O) groups excluding carboxylic acids is 3. The summed E-state index contributed by atoms with van der Waals surface area (Å²) in [5.41, 5.74) is 3.25. The molecular weight excluding hydrogens is 474 g/mol. The van der Waals surface area contributed by atoms with Gasteiger partial charge in [-0.05, 0) is 73.5 Å². The van der Waals surface area contributed by atoms with Crippen LogP contribution in [0, 0.1) is 18.3 Å². The van der Waals surface area contributed by atoms with Crippen molar-refractivity contribution in [3.63, 3.8) is 0 Å². The van der Waals surface area contributed by atoms with Crippen molar-refractivity contribution in [3.8, 4) is 16.6 Å². The maximum Gasteiger partial charge on any atom is 0.325 e. The number of fused-ring (bicyclic) bond motifs is 1. The topological polar surface area (TPSA) is 115 Å². The first-order valence-corrected chi connectivity index (χ1v) is 12.0. The van der Waals surface area contributed by atoms with Crippen LogP contribution < -0.4 is 10.6 Å². The maximum absolute atomic E-state index is 13.1. The number of imide groups is 1. The number of rotatable bonds is 5. The van der Waals surface area contributed by atoms with E-state index in [1.54, 1.807) is 54.7 Å². The molecule has 1 aromatic heterocycles. The van der Waals surface area contributed by atoms with Gasteiger partial charge in [-0.1, -0.05) is 18.2 Å². The Morgan fingerprint density at radius 1 is 1.11 bits per heavy atom. The predicted octanol–water partition coefficient (Wildman–Crippen LogP) is 4.55. The van der Waals surface area contributed by atoms with E-state index >= 15 is 0 Å². The summed E-state index contributed by atoms with van der Waals surface area (Å²) in [7, 11) is 0. The zero-order chi connectivity index (χ0) is 25.4. The van der Waals surface area contributed by atoms with E-state index in [1.807, 2.05) is 37.3 Å². The Hall–Kier alpha value is -4.55. The largest absolute Gasteiger partial charge is 0.325 e. The average Bonchev–Trinajstić information content (AvgIpc) is 3.39. The van der Waals surface area contributed by atoms with Crippen LogP contribution in [-0.4, -0.2) is 34.3 Å². The molecule has 1 aliphatic rings. The molecule has 0 radical (unpaired) electrons. The van der Waals surface area contributed by atoms with E-state index in [0.29, 0.717) is 16.8 Å². The molecule has 1 aliphatic heterocycles. The lowest BCUT2D eigenvalue weighted by molar-refractivity contribution is -0.133. The van der Waals surface area contributed by atoms with Crippen LogP contribution in [0.3, 0.4) is 0 Å². The van der Waals surface area contributed by atoms with E-state index in [2.05, 4.69) is 21.7 Å². The van der Waals surface area contributed by atoms with Crippen molar-refractivity contribution in [1.82, 2.24) is 15.2 Å². The Bertz CT molecular complexity index is 1550. The molecule has 9 heteroatoms. The van der Waals surface area contributed by atoms with E-state index in [-0.39, 0.29) is 0 Å². The number of urea groups is 1. The highest BCUT2D eigenvalue weighted by atomic mass is 32.1. The number of aromatic nitrogens is 1. The maximum atomic E-state index is 13.1. The van der Waals surface area contributed by atoms with Crippen LogP contribution in [0.1, 0.15) is 23.6 Å². The van der Waals surface area contributed by atoms with Gasteiger partial charge in [-0.25, -0.2) is 9.78 Å². The van der Waals surface area contributed by atoms with Crippen molar-refractivity contribution in [2.75, 3.05) is 11.9 Å². The number of thiazole rings is 1. The minimum Gasteiger partial charge on any atom is -0.325 e. The van der Waals surface area contributed by atoms with Gasteiger partial charge in [-0.15, -0.1) is 11.3 Å². The quantitative estimate of drug-likeness (QED) is 0.394. The Morgan fingerprint density at radius 3 is 2.53 bits per heavy atom. The number of anilines is 1. The second-order valence-corrected chi connectivity index (χ2v) is 9.78. The van der Waals surface area contributed by atoms with Gasteiger partial charge < -0.3 is 10.6 Å². The second kappa shape index (κ2) is 8.91. The molecule has 0 spiro atoms. The summed E-state index contributed by atoms with van der Waals surface area (Å²) in [5, 5.41) is 15.3. The van der Waals surface area contributed by atoms with Gasteiger partial charge in [0.1, 0.15) is 17.1 Å². The van der Waals surface area contributed by atoms with Crippen molar-refractivity contribution in [2.45, 2.75) is 19.4 Å². The summed E-state index contributed by atoms with van der Waals surface area (Å²) in [5.74, 6) is -1.03. The number of hydrogen-bond donors (Lipinski definition) is 2. The Labute approximate surface area is 211 Å². The molecule has 1 unspecified atom stereocenters. The van der Waals surface area contributed by atoms with Crippen LogP contribution in [0.5, 0.6) is 0 Å². The summed E-state index contributed by atoms with van der Waals surface area (Å²) >= 11 is 1.60. The molecule has 0 saturated carbocycles. The Balaban J connectivity index is 1.26. The highest BCUT2D eigenvalue weighted by molar-refractivity contribution is 7.21. The average molecular weight is 496 g/mol. The lowest BCUT2D eigenvalue weighted by Gasteiger charge is -2.22. The van der Waals surface area contributed by atoms with Crippen molar-refractivity contribution in [3.05, 3.63) is 83.4 Å². The zero-order valence-corrected chi connectivity index (χ0v) is 20.3. The number of nitrogens with one attached hydrogen (secondary N) is 2. The van der Waals surface area contributed by atoms with Crippen LogP contribution in [-0.2, 0) is 15.1 Å². The van der Waals surface area contributed by atoms with Gasteiger partial charge in [0.2, 0.25) is 5.91 Å². The Morgan fingerprint density at radius 2 is 1.83 bits per heavy atom. The number of hydrogen-bond acceptors (Lipinski definition) is 6. The van der Waals surface area contributed by atoms with Gasteiger partial charge in [-0.3, -0.25) is 14.5 Å². The fraction of sp³-hybridized carbons (Fsp3) is 0.148. The van der Waals surface area contributed by atoms with E-state index in [9.17, 15) is 14.4 Å². The minimum atomic E-state index is -1.32. The molecule has 36 heavy (non-hydrogen) atoms. The summed E-state index contributed by atoms with van der Waals surface area (Å²) in [4.78, 5) is 43.8. The molecule has 0 bridgehead atoms. The third kappa shape index (κ3) is 4.19. The second-order valence-electron chi connectivity index (χ2n) is 8.75. The van der Waals surface area contributed by atoms with E-state index in [0.717, 1.165) is 25.7 Å². The lowest BCUT2D eigenvalue weighted by Crippen LogP contribution is -2.42. The number of nitrogens with zero attached hydrogens (tertiary/aromatic N) is 3. The molecule has 1 fully saturated rings. The van der Waals surface area contributed by atoms with Gasteiger partial charge in [0, 0.05) is 11.3 Å². The van der Waals surface area contributed by atoms with Crippen LogP contribution in [0.15, 0.2) is 66.7 Å². The van der Waals surface area contributed by atoms with Crippen molar-refractivity contribution >= 4 is 45.1 Å². The van der Waals surface area contributed by atoms with E-state index in [1.165, 1.54) is 5.56 Å². The fourth-order valence-corrected chi connectivity index (χ4v) is 5.18. The first-order valence-electron chi connectivity index (χ1n) is 11.2. The van der Waals surface area contributed by atoms with Gasteiger partial charge >= 0.3 is 6.03 Å². The molecule has 1 saturated heterocycles. The monoisotopic (exact) mass is 495 g/mol. The van der Waals surface area contributed by atoms with Crippen LogP contribution in [0.2, 0.25) is 0 Å². The van der Waals surface area contributed by atoms with Gasteiger partial charge in [-0.2, -0.15) is 5.26 Å². The van der Waals surface area contributed by atoms with Gasteiger partial charge in [0.05, 0.1) is 21.8 Å². The van der Waals surface area contributed by atoms with Crippen molar-refractivity contribution < 1.29 is 14.4 Å². The molecule has 2 heterocycles. The normalized spacial score (nSPS) is 17.2. The molecule has 4 aromatic rings. The van der Waals surface area contributed by atoms with E-state index in [4.69, 9.17) is 5.26 Å². The third-order valence-electron chi connectivity index (χ3n) is 6.13. The van der Waals surface area contributed by atoms with E-state index < -0.39 is 29.9 Å². The number of aryl methyl sites for hydroxylation is 1. The van der Waals surface area contributed by atoms with Crippen molar-refractivity contribution in [1.29, 1.82) is 5.26 Å². The molecule has 0 aliphatic carbocycles. The summed E-state index contributed by atoms with van der Waals surface area (Å²) in [6.07, 6.45) is 0. The minimum absolute atomic E-state index is 0.421. The molecule has 8 nitrogen and oxygen atoms in total. The number of amides is 4. The van der Waals surface area contributed by atoms with Crippen molar-refractivity contribution in [2.24, 2.45) is 0 Å². The number of nitriles is 1. The van der Waals surface area contributed by atoms with Crippen LogP contribution >= 0.6 is 11.3 Å². The van der Waals surface area contributed by atoms with Gasteiger partial charge in [0.15, 0.2) is 0 Å². The molecule has 1 atom stereocenters. The number of benzene rings is 3. The molecule has 3 aromatic carbocycles. The Kier molecular flexibility index (Phi) is 5.74.